The predicted molar refractivity (Wildman–Crippen MR) is 75.7 cm³/mol. The summed E-state index contributed by atoms with van der Waals surface area (Å²) in [4.78, 5) is 34.7. The Morgan fingerprint density at radius 1 is 1.30 bits per heavy atom. The number of hydrogen-bond acceptors (Lipinski definition) is 5. The van der Waals surface area contributed by atoms with Gasteiger partial charge in [0.2, 0.25) is 11.7 Å². The second-order valence-corrected chi connectivity index (χ2v) is 4.99. The van der Waals surface area contributed by atoms with Gasteiger partial charge in [-0.25, -0.2) is 9.48 Å². The Morgan fingerprint density at radius 2 is 1.95 bits per heavy atom. The van der Waals surface area contributed by atoms with Gasteiger partial charge in [-0.15, -0.1) is 5.10 Å². The molecule has 0 radical (unpaired) electrons. The van der Waals surface area contributed by atoms with E-state index in [9.17, 15) is 14.4 Å². The number of nitrogens with zero attached hydrogens (tertiary/aromatic N) is 3. The molecule has 1 aromatic rings. The summed E-state index contributed by atoms with van der Waals surface area (Å²) in [5.41, 5.74) is -0.995. The molecule has 0 unspecified atom stereocenters. The maximum Gasteiger partial charge on any atom is 0.346 e. The van der Waals surface area contributed by atoms with Crippen LogP contribution in [0.2, 0.25) is 0 Å². The fraction of sp³-hybridized carbons (Fsp3) is 0.667. The molecule has 0 aliphatic carbocycles. The van der Waals surface area contributed by atoms with Crippen LogP contribution in [0.4, 0.5) is 5.82 Å². The highest BCUT2D eigenvalue weighted by molar-refractivity contribution is 5.76. The zero-order valence-electron chi connectivity index (χ0n) is 12.3. The molecule has 0 bridgehead atoms. The Kier molecular flexibility index (Phi) is 5.48. The number of aryl methyl sites for hydroxylation is 1. The molecule has 0 aromatic carbocycles. The molecule has 8 heteroatoms. The largest absolute Gasteiger partial charge is 0.364 e. The summed E-state index contributed by atoms with van der Waals surface area (Å²) in [6.07, 6.45) is 0.237. The summed E-state index contributed by atoms with van der Waals surface area (Å²) in [6, 6.07) is 0. The maximum atomic E-state index is 11.8. The topological polar surface area (TPSA) is 98.0 Å². The molecule has 20 heavy (non-hydrogen) atoms. The lowest BCUT2D eigenvalue weighted by Gasteiger charge is -2.09. The number of carbonyl (C=O) groups excluding carboxylic acids is 1. The summed E-state index contributed by atoms with van der Waals surface area (Å²) in [5.74, 6) is 0.364. The van der Waals surface area contributed by atoms with Crippen LogP contribution in [-0.4, -0.2) is 33.3 Å². The zero-order valence-corrected chi connectivity index (χ0v) is 12.3. The standard InChI is InChI=1S/C12H21N5O3/c1-8(2)7-14-9(18)5-6-13-10-11(19)16(3)12(20)17(4)15-10/h8H,5-7H2,1-4H3,(H,13,15)(H,14,18). The monoisotopic (exact) mass is 283 g/mol. The molecule has 0 aliphatic heterocycles. The third kappa shape index (κ3) is 4.22. The number of amides is 1. The first kappa shape index (κ1) is 15.9. The van der Waals surface area contributed by atoms with Crippen LogP contribution in [0.25, 0.3) is 0 Å². The van der Waals surface area contributed by atoms with Crippen molar-refractivity contribution in [3.63, 3.8) is 0 Å². The molecule has 112 valence electrons. The predicted octanol–water partition coefficient (Wildman–Crippen LogP) is -0.947. The first-order valence-electron chi connectivity index (χ1n) is 6.47. The van der Waals surface area contributed by atoms with Crippen molar-refractivity contribution in [3.8, 4) is 0 Å². The third-order valence-corrected chi connectivity index (χ3v) is 2.67. The van der Waals surface area contributed by atoms with E-state index in [2.05, 4.69) is 15.7 Å². The Hall–Kier alpha value is -2.12. The van der Waals surface area contributed by atoms with Crippen LogP contribution in [-0.2, 0) is 18.9 Å². The third-order valence-electron chi connectivity index (χ3n) is 2.67. The molecule has 1 rings (SSSR count). The van der Waals surface area contributed by atoms with Crippen molar-refractivity contribution in [1.82, 2.24) is 19.7 Å². The van der Waals surface area contributed by atoms with Gasteiger partial charge in [0.15, 0.2) is 0 Å². The molecule has 8 nitrogen and oxygen atoms in total. The van der Waals surface area contributed by atoms with Crippen molar-refractivity contribution in [2.24, 2.45) is 20.0 Å². The SMILES string of the molecule is CC(C)CNC(=O)CCNc1nn(C)c(=O)n(C)c1=O. The lowest BCUT2D eigenvalue weighted by Crippen LogP contribution is -2.40. The van der Waals surface area contributed by atoms with E-state index in [1.54, 1.807) is 0 Å². The van der Waals surface area contributed by atoms with Gasteiger partial charge in [0.05, 0.1) is 0 Å². The van der Waals surface area contributed by atoms with Crippen molar-refractivity contribution < 1.29 is 4.79 Å². The lowest BCUT2D eigenvalue weighted by atomic mass is 10.2. The molecule has 1 heterocycles. The Labute approximate surface area is 116 Å². The lowest BCUT2D eigenvalue weighted by molar-refractivity contribution is -0.120. The van der Waals surface area contributed by atoms with E-state index in [1.807, 2.05) is 13.8 Å². The van der Waals surface area contributed by atoms with Crippen LogP contribution in [0, 0.1) is 5.92 Å². The van der Waals surface area contributed by atoms with Crippen LogP contribution in [0.1, 0.15) is 20.3 Å². The van der Waals surface area contributed by atoms with E-state index in [4.69, 9.17) is 0 Å². The van der Waals surface area contributed by atoms with Gasteiger partial charge in [-0.2, -0.15) is 0 Å². The van der Waals surface area contributed by atoms with E-state index in [1.165, 1.54) is 14.1 Å². The highest BCUT2D eigenvalue weighted by Crippen LogP contribution is 1.92. The van der Waals surface area contributed by atoms with Crippen molar-refractivity contribution >= 4 is 11.7 Å². The van der Waals surface area contributed by atoms with E-state index >= 15 is 0 Å². The Bertz CT molecular complexity index is 588. The fourth-order valence-electron chi connectivity index (χ4n) is 1.51. The summed E-state index contributed by atoms with van der Waals surface area (Å²) >= 11 is 0. The van der Waals surface area contributed by atoms with Crippen LogP contribution in [0.15, 0.2) is 9.59 Å². The van der Waals surface area contributed by atoms with Crippen LogP contribution < -0.4 is 21.9 Å². The molecule has 0 atom stereocenters. The number of carbonyl (C=O) groups is 1. The van der Waals surface area contributed by atoms with Gasteiger partial charge in [-0.3, -0.25) is 14.2 Å². The first-order chi connectivity index (χ1) is 9.32. The second kappa shape index (κ2) is 6.88. The van der Waals surface area contributed by atoms with Crippen LogP contribution in [0.3, 0.4) is 0 Å². The van der Waals surface area contributed by atoms with Crippen LogP contribution >= 0.6 is 0 Å². The molecule has 0 saturated carbocycles. The van der Waals surface area contributed by atoms with Gasteiger partial charge in [-0.05, 0) is 5.92 Å². The average molecular weight is 283 g/mol. The molecular formula is C12H21N5O3. The fourth-order valence-corrected chi connectivity index (χ4v) is 1.51. The Balaban J connectivity index is 2.57. The maximum absolute atomic E-state index is 11.8. The summed E-state index contributed by atoms with van der Waals surface area (Å²) < 4.78 is 2.04. The summed E-state index contributed by atoms with van der Waals surface area (Å²) in [6.45, 7) is 4.93. The number of anilines is 1. The van der Waals surface area contributed by atoms with Gasteiger partial charge in [-0.1, -0.05) is 13.8 Å². The highest BCUT2D eigenvalue weighted by Gasteiger charge is 2.09. The van der Waals surface area contributed by atoms with Crippen molar-refractivity contribution in [2.75, 3.05) is 18.4 Å². The molecular weight excluding hydrogens is 262 g/mol. The molecule has 1 amide bonds. The van der Waals surface area contributed by atoms with E-state index in [-0.39, 0.29) is 24.7 Å². The van der Waals surface area contributed by atoms with Crippen LogP contribution in [0.5, 0.6) is 0 Å². The van der Waals surface area contributed by atoms with Crippen molar-refractivity contribution in [1.29, 1.82) is 0 Å². The summed E-state index contributed by atoms with van der Waals surface area (Å²) in [7, 11) is 2.84. The minimum Gasteiger partial charge on any atom is -0.364 e. The first-order valence-corrected chi connectivity index (χ1v) is 6.47. The van der Waals surface area contributed by atoms with Gasteiger partial charge in [0, 0.05) is 33.6 Å². The molecule has 1 aromatic heterocycles. The van der Waals surface area contributed by atoms with E-state index in [0.29, 0.717) is 12.5 Å². The Morgan fingerprint density at radius 3 is 2.55 bits per heavy atom. The van der Waals surface area contributed by atoms with E-state index in [0.717, 1.165) is 9.25 Å². The van der Waals surface area contributed by atoms with E-state index < -0.39 is 11.2 Å². The second-order valence-electron chi connectivity index (χ2n) is 4.99. The highest BCUT2D eigenvalue weighted by atomic mass is 16.2. The normalized spacial score (nSPS) is 10.7. The number of rotatable bonds is 6. The quantitative estimate of drug-likeness (QED) is 0.701. The van der Waals surface area contributed by atoms with Crippen molar-refractivity contribution in [2.45, 2.75) is 20.3 Å². The number of hydrogen-bond donors (Lipinski definition) is 2. The van der Waals surface area contributed by atoms with Gasteiger partial charge >= 0.3 is 5.69 Å². The number of nitrogens with one attached hydrogen (secondary N) is 2. The molecule has 2 N–H and O–H groups in total. The molecule has 0 fully saturated rings. The average Bonchev–Trinajstić information content (AvgIpc) is 2.39. The van der Waals surface area contributed by atoms with Gasteiger partial charge < -0.3 is 10.6 Å². The minimum atomic E-state index is -0.504. The van der Waals surface area contributed by atoms with Gasteiger partial charge in [0.1, 0.15) is 0 Å². The van der Waals surface area contributed by atoms with Gasteiger partial charge in [0.25, 0.3) is 5.56 Å². The molecule has 0 spiro atoms. The zero-order chi connectivity index (χ0) is 15.3. The molecule has 0 aliphatic rings. The molecule has 0 saturated heterocycles. The number of aromatic nitrogens is 3. The van der Waals surface area contributed by atoms with Crippen molar-refractivity contribution in [3.05, 3.63) is 20.8 Å². The smallest absolute Gasteiger partial charge is 0.346 e. The summed E-state index contributed by atoms with van der Waals surface area (Å²) in [5, 5.41) is 9.38. The minimum absolute atomic E-state index is 0.0614.